The van der Waals surface area contributed by atoms with Gasteiger partial charge in [0.1, 0.15) is 11.5 Å². The van der Waals surface area contributed by atoms with Crippen molar-refractivity contribution in [2.75, 3.05) is 18.5 Å². The Labute approximate surface area is 170 Å². The van der Waals surface area contributed by atoms with Gasteiger partial charge in [0, 0.05) is 16.0 Å². The van der Waals surface area contributed by atoms with Gasteiger partial charge in [0.2, 0.25) is 0 Å². The van der Waals surface area contributed by atoms with E-state index in [9.17, 15) is 4.79 Å². The molecule has 3 rings (SSSR count). The molecule has 0 bridgehead atoms. The fourth-order valence-electron chi connectivity index (χ4n) is 2.24. The molecule has 0 saturated heterocycles. The van der Waals surface area contributed by atoms with Crippen LogP contribution in [0.4, 0.5) is 5.13 Å². The number of thiazole rings is 1. The Morgan fingerprint density at radius 3 is 2.63 bits per heavy atom. The van der Waals surface area contributed by atoms with E-state index in [0.717, 1.165) is 17.0 Å². The Kier molecular flexibility index (Phi) is 6.55. The second kappa shape index (κ2) is 9.08. The summed E-state index contributed by atoms with van der Waals surface area (Å²) in [6.45, 7) is 2.38. The van der Waals surface area contributed by atoms with Crippen LogP contribution < -0.4 is 14.8 Å². The van der Waals surface area contributed by atoms with Crippen LogP contribution in [0.15, 0.2) is 47.8 Å². The van der Waals surface area contributed by atoms with Gasteiger partial charge in [-0.1, -0.05) is 23.2 Å². The molecule has 3 aromatic rings. The van der Waals surface area contributed by atoms with Crippen LogP contribution in [0.25, 0.3) is 11.3 Å². The molecule has 27 heavy (non-hydrogen) atoms. The first-order chi connectivity index (χ1) is 13.0. The number of hydrogen-bond acceptors (Lipinski definition) is 5. The van der Waals surface area contributed by atoms with E-state index in [1.807, 2.05) is 36.6 Å². The topological polar surface area (TPSA) is 60.5 Å². The molecule has 8 heteroatoms. The van der Waals surface area contributed by atoms with Crippen LogP contribution >= 0.6 is 34.5 Å². The van der Waals surface area contributed by atoms with Gasteiger partial charge in [0.05, 0.1) is 17.3 Å². The number of amides is 1. The Hall–Kier alpha value is -2.28. The lowest BCUT2D eigenvalue weighted by Crippen LogP contribution is -2.20. The standard InChI is InChI=1S/C19H16Cl2N2O3S/c1-2-25-14-6-3-12(4-7-14)16-11-27-19(22-16)23-18(24)10-26-17-8-5-13(20)9-15(17)21/h3-9,11H,2,10H2,1H3,(H,22,23,24). The molecule has 1 N–H and O–H groups in total. The van der Waals surface area contributed by atoms with Gasteiger partial charge in [-0.05, 0) is 49.4 Å². The van der Waals surface area contributed by atoms with E-state index < -0.39 is 0 Å². The second-order valence-corrected chi connectivity index (χ2v) is 7.11. The van der Waals surface area contributed by atoms with E-state index >= 15 is 0 Å². The highest BCUT2D eigenvalue weighted by Crippen LogP contribution is 2.28. The SMILES string of the molecule is CCOc1ccc(-c2csc(NC(=O)COc3ccc(Cl)cc3Cl)n2)cc1. The molecule has 5 nitrogen and oxygen atoms in total. The van der Waals surface area contributed by atoms with Crippen molar-refractivity contribution in [3.63, 3.8) is 0 Å². The molecule has 1 amide bonds. The zero-order valence-electron chi connectivity index (χ0n) is 14.4. The minimum Gasteiger partial charge on any atom is -0.494 e. The molecular weight excluding hydrogens is 407 g/mol. The number of nitrogens with zero attached hydrogens (tertiary/aromatic N) is 1. The zero-order valence-corrected chi connectivity index (χ0v) is 16.7. The van der Waals surface area contributed by atoms with Gasteiger partial charge in [-0.2, -0.15) is 0 Å². The summed E-state index contributed by atoms with van der Waals surface area (Å²) in [5.41, 5.74) is 1.72. The summed E-state index contributed by atoms with van der Waals surface area (Å²) < 4.78 is 10.8. The summed E-state index contributed by atoms with van der Waals surface area (Å²) in [6.07, 6.45) is 0. The van der Waals surface area contributed by atoms with Crippen LogP contribution in [-0.4, -0.2) is 24.1 Å². The van der Waals surface area contributed by atoms with Crippen molar-refractivity contribution >= 4 is 45.6 Å². The van der Waals surface area contributed by atoms with E-state index in [0.29, 0.717) is 27.5 Å². The highest BCUT2D eigenvalue weighted by molar-refractivity contribution is 7.14. The van der Waals surface area contributed by atoms with Crippen molar-refractivity contribution in [3.05, 3.63) is 57.9 Å². The molecular formula is C19H16Cl2N2O3S. The predicted molar refractivity (Wildman–Crippen MR) is 109 cm³/mol. The monoisotopic (exact) mass is 422 g/mol. The summed E-state index contributed by atoms with van der Waals surface area (Å²) in [7, 11) is 0. The smallest absolute Gasteiger partial charge is 0.264 e. The Bertz CT molecular complexity index is 929. The molecule has 0 radical (unpaired) electrons. The van der Waals surface area contributed by atoms with Gasteiger partial charge >= 0.3 is 0 Å². The van der Waals surface area contributed by atoms with Crippen LogP contribution in [0.5, 0.6) is 11.5 Å². The number of nitrogens with one attached hydrogen (secondary N) is 1. The van der Waals surface area contributed by atoms with Gasteiger partial charge in [0.25, 0.3) is 5.91 Å². The molecule has 0 aliphatic carbocycles. The van der Waals surface area contributed by atoms with Gasteiger partial charge < -0.3 is 9.47 Å². The molecule has 1 heterocycles. The third-order valence-corrected chi connectivity index (χ3v) is 4.75. The maximum Gasteiger partial charge on any atom is 0.264 e. The largest absolute Gasteiger partial charge is 0.494 e. The fraction of sp³-hybridized carbons (Fsp3) is 0.158. The number of anilines is 1. The Morgan fingerprint density at radius 2 is 1.93 bits per heavy atom. The van der Waals surface area contributed by atoms with Gasteiger partial charge in [-0.3, -0.25) is 10.1 Å². The lowest BCUT2D eigenvalue weighted by molar-refractivity contribution is -0.118. The summed E-state index contributed by atoms with van der Waals surface area (Å²) in [6, 6.07) is 12.4. The van der Waals surface area contributed by atoms with Crippen LogP contribution in [0.3, 0.4) is 0 Å². The van der Waals surface area contributed by atoms with Crippen LogP contribution in [0.2, 0.25) is 10.0 Å². The van der Waals surface area contributed by atoms with Crippen LogP contribution in [0.1, 0.15) is 6.92 Å². The molecule has 0 fully saturated rings. The van der Waals surface area contributed by atoms with E-state index in [-0.39, 0.29) is 12.5 Å². The van der Waals surface area contributed by atoms with Gasteiger partial charge in [-0.25, -0.2) is 4.98 Å². The maximum atomic E-state index is 12.1. The van der Waals surface area contributed by atoms with Crippen molar-refractivity contribution in [1.82, 2.24) is 4.98 Å². The van der Waals surface area contributed by atoms with Crippen molar-refractivity contribution < 1.29 is 14.3 Å². The number of carbonyl (C=O) groups excluding carboxylic acids is 1. The first kappa shape index (κ1) is 19.5. The number of rotatable bonds is 7. The molecule has 0 aliphatic rings. The number of ether oxygens (including phenoxy) is 2. The van der Waals surface area contributed by atoms with E-state index in [4.69, 9.17) is 32.7 Å². The molecule has 0 spiro atoms. The van der Waals surface area contributed by atoms with E-state index in [1.165, 1.54) is 11.3 Å². The number of carbonyl (C=O) groups is 1. The second-order valence-electron chi connectivity index (χ2n) is 5.41. The molecule has 0 atom stereocenters. The first-order valence-corrected chi connectivity index (χ1v) is 9.75. The number of halogens is 2. The summed E-state index contributed by atoms with van der Waals surface area (Å²) in [5.74, 6) is 0.877. The third-order valence-electron chi connectivity index (χ3n) is 3.46. The quantitative estimate of drug-likeness (QED) is 0.543. The lowest BCUT2D eigenvalue weighted by atomic mass is 10.2. The van der Waals surface area contributed by atoms with Crippen molar-refractivity contribution in [1.29, 1.82) is 0 Å². The number of hydrogen-bond donors (Lipinski definition) is 1. The summed E-state index contributed by atoms with van der Waals surface area (Å²) >= 11 is 13.2. The highest BCUT2D eigenvalue weighted by atomic mass is 35.5. The minimum atomic E-state index is -0.325. The molecule has 0 aliphatic heterocycles. The van der Waals surface area contributed by atoms with Crippen molar-refractivity contribution in [2.45, 2.75) is 6.92 Å². The van der Waals surface area contributed by atoms with E-state index in [1.54, 1.807) is 18.2 Å². The molecule has 1 aromatic heterocycles. The molecule has 140 valence electrons. The minimum absolute atomic E-state index is 0.181. The van der Waals surface area contributed by atoms with Crippen molar-refractivity contribution in [2.24, 2.45) is 0 Å². The number of aromatic nitrogens is 1. The Morgan fingerprint density at radius 1 is 1.15 bits per heavy atom. The summed E-state index contributed by atoms with van der Waals surface area (Å²) in [4.78, 5) is 16.5. The molecule has 2 aromatic carbocycles. The maximum absolute atomic E-state index is 12.1. The third kappa shape index (κ3) is 5.35. The van der Waals surface area contributed by atoms with Crippen molar-refractivity contribution in [3.8, 4) is 22.8 Å². The highest BCUT2D eigenvalue weighted by Gasteiger charge is 2.10. The van der Waals surface area contributed by atoms with Crippen LogP contribution in [-0.2, 0) is 4.79 Å². The molecule has 0 saturated carbocycles. The van der Waals surface area contributed by atoms with Crippen LogP contribution in [0, 0.1) is 0 Å². The number of benzene rings is 2. The lowest BCUT2D eigenvalue weighted by Gasteiger charge is -2.07. The first-order valence-electron chi connectivity index (χ1n) is 8.11. The Balaban J connectivity index is 1.57. The fourth-order valence-corrected chi connectivity index (χ4v) is 3.44. The normalized spacial score (nSPS) is 10.5. The summed E-state index contributed by atoms with van der Waals surface area (Å²) in [5, 5.41) is 5.94. The average molecular weight is 423 g/mol. The zero-order chi connectivity index (χ0) is 19.2. The van der Waals surface area contributed by atoms with Gasteiger partial charge in [-0.15, -0.1) is 11.3 Å². The predicted octanol–water partition coefficient (Wildman–Crippen LogP) is 5.53. The van der Waals surface area contributed by atoms with Gasteiger partial charge in [0.15, 0.2) is 11.7 Å². The molecule has 0 unspecified atom stereocenters. The average Bonchev–Trinajstić information content (AvgIpc) is 3.10. The van der Waals surface area contributed by atoms with E-state index in [2.05, 4.69) is 10.3 Å².